The average Bonchev–Trinajstić information content (AvgIpc) is 2.41. The molecule has 1 atom stereocenters. The molecule has 0 saturated carbocycles. The molecule has 1 saturated heterocycles. The van der Waals surface area contributed by atoms with E-state index in [0.29, 0.717) is 22.8 Å². The molecule has 1 aromatic carbocycles. The molecule has 1 aliphatic rings. The first-order chi connectivity index (χ1) is 9.15. The van der Waals surface area contributed by atoms with Crippen LogP contribution in [0.5, 0.6) is 0 Å². The first kappa shape index (κ1) is 14.2. The zero-order valence-corrected chi connectivity index (χ0v) is 11.6. The van der Waals surface area contributed by atoms with Crippen LogP contribution in [0.3, 0.4) is 0 Å². The number of hydrogen-bond acceptors (Lipinski definition) is 3. The molecule has 1 unspecified atom stereocenters. The monoisotopic (exact) mass is 282 g/mol. The summed E-state index contributed by atoms with van der Waals surface area (Å²) in [7, 11) is 0. The van der Waals surface area contributed by atoms with Crippen LogP contribution in [0, 0.1) is 0 Å². The predicted molar refractivity (Wildman–Crippen MR) is 77.3 cm³/mol. The summed E-state index contributed by atoms with van der Waals surface area (Å²) in [5.41, 5.74) is 6.79. The third kappa shape index (κ3) is 4.40. The van der Waals surface area contributed by atoms with Crippen molar-refractivity contribution in [3.63, 3.8) is 0 Å². The Morgan fingerprint density at radius 1 is 1.47 bits per heavy atom. The molecule has 1 aliphatic heterocycles. The molecular weight excluding hydrogens is 264 g/mol. The van der Waals surface area contributed by atoms with Crippen LogP contribution in [0.1, 0.15) is 32.1 Å². The van der Waals surface area contributed by atoms with Crippen LogP contribution in [0.15, 0.2) is 18.2 Å². The number of ether oxygens (including phenoxy) is 1. The van der Waals surface area contributed by atoms with Crippen LogP contribution in [0.2, 0.25) is 5.02 Å². The summed E-state index contributed by atoms with van der Waals surface area (Å²) in [5.74, 6) is -0.0409. The number of benzene rings is 1. The van der Waals surface area contributed by atoms with Gasteiger partial charge in [0.15, 0.2) is 0 Å². The van der Waals surface area contributed by atoms with Gasteiger partial charge in [-0.2, -0.15) is 0 Å². The van der Waals surface area contributed by atoms with E-state index in [1.54, 1.807) is 18.2 Å². The first-order valence-corrected chi connectivity index (χ1v) is 6.99. The van der Waals surface area contributed by atoms with E-state index in [0.717, 1.165) is 25.9 Å². The van der Waals surface area contributed by atoms with Gasteiger partial charge >= 0.3 is 0 Å². The fourth-order valence-electron chi connectivity index (χ4n) is 2.17. The maximum Gasteiger partial charge on any atom is 0.224 e. The minimum absolute atomic E-state index is 0.0409. The summed E-state index contributed by atoms with van der Waals surface area (Å²) in [5, 5.41) is 3.26. The lowest BCUT2D eigenvalue weighted by atomic mass is 10.0. The van der Waals surface area contributed by atoms with Gasteiger partial charge in [0.05, 0.1) is 16.8 Å². The van der Waals surface area contributed by atoms with Gasteiger partial charge in [-0.15, -0.1) is 0 Å². The lowest BCUT2D eigenvalue weighted by Crippen LogP contribution is -2.21. The van der Waals surface area contributed by atoms with Crippen molar-refractivity contribution in [1.29, 1.82) is 0 Å². The highest BCUT2D eigenvalue weighted by molar-refractivity contribution is 6.34. The molecule has 0 radical (unpaired) electrons. The highest BCUT2D eigenvalue weighted by atomic mass is 35.5. The lowest BCUT2D eigenvalue weighted by molar-refractivity contribution is -0.117. The largest absolute Gasteiger partial charge is 0.399 e. The van der Waals surface area contributed by atoms with Gasteiger partial charge in [-0.1, -0.05) is 11.6 Å². The quantitative estimate of drug-likeness (QED) is 0.834. The minimum Gasteiger partial charge on any atom is -0.399 e. The summed E-state index contributed by atoms with van der Waals surface area (Å²) in [6.45, 7) is 0.816. The van der Waals surface area contributed by atoms with Crippen molar-refractivity contribution in [3.8, 4) is 0 Å². The number of rotatable bonds is 4. The third-order valence-electron chi connectivity index (χ3n) is 3.23. The molecule has 2 rings (SSSR count). The Hall–Kier alpha value is -1.26. The number of nitrogen functional groups attached to an aromatic ring is 1. The number of nitrogens with one attached hydrogen (secondary N) is 1. The van der Waals surface area contributed by atoms with Crippen molar-refractivity contribution in [2.24, 2.45) is 0 Å². The molecule has 0 aromatic heterocycles. The highest BCUT2D eigenvalue weighted by Gasteiger charge is 2.15. The molecule has 0 aliphatic carbocycles. The second-order valence-corrected chi connectivity index (χ2v) is 5.22. The molecule has 19 heavy (non-hydrogen) atoms. The van der Waals surface area contributed by atoms with Crippen LogP contribution < -0.4 is 11.1 Å². The Kier molecular flexibility index (Phi) is 5.05. The van der Waals surface area contributed by atoms with Gasteiger partial charge in [-0.05, 0) is 43.9 Å². The van der Waals surface area contributed by atoms with Gasteiger partial charge < -0.3 is 15.8 Å². The predicted octanol–water partition coefficient (Wildman–Crippen LogP) is 3.21. The number of nitrogens with two attached hydrogens (primary N) is 1. The Balaban J connectivity index is 1.80. The SMILES string of the molecule is Nc1ccc(NC(=O)CCC2CCCCO2)c(Cl)c1. The number of hydrogen-bond donors (Lipinski definition) is 2. The van der Waals surface area contributed by atoms with Crippen LogP contribution in [-0.4, -0.2) is 18.6 Å². The van der Waals surface area contributed by atoms with Crippen LogP contribution in [-0.2, 0) is 9.53 Å². The maximum atomic E-state index is 11.8. The molecule has 5 heteroatoms. The molecule has 4 nitrogen and oxygen atoms in total. The van der Waals surface area contributed by atoms with E-state index in [-0.39, 0.29) is 12.0 Å². The Morgan fingerprint density at radius 3 is 3.00 bits per heavy atom. The fraction of sp³-hybridized carbons (Fsp3) is 0.500. The summed E-state index contributed by atoms with van der Waals surface area (Å²) in [6, 6.07) is 5.06. The molecule has 1 amide bonds. The van der Waals surface area contributed by atoms with Gasteiger partial charge in [-0.25, -0.2) is 0 Å². The Morgan fingerprint density at radius 2 is 2.32 bits per heavy atom. The summed E-state index contributed by atoms with van der Waals surface area (Å²) >= 11 is 6.00. The van der Waals surface area contributed by atoms with Gasteiger partial charge in [0.1, 0.15) is 0 Å². The zero-order chi connectivity index (χ0) is 13.7. The molecule has 1 heterocycles. The smallest absolute Gasteiger partial charge is 0.224 e. The first-order valence-electron chi connectivity index (χ1n) is 6.61. The van der Waals surface area contributed by atoms with E-state index in [1.807, 2.05) is 0 Å². The van der Waals surface area contributed by atoms with Gasteiger partial charge in [0, 0.05) is 18.7 Å². The van der Waals surface area contributed by atoms with E-state index in [4.69, 9.17) is 22.1 Å². The number of carbonyl (C=O) groups is 1. The number of carbonyl (C=O) groups excluding carboxylic acids is 1. The number of halogens is 1. The van der Waals surface area contributed by atoms with E-state index in [2.05, 4.69) is 5.32 Å². The van der Waals surface area contributed by atoms with Crippen molar-refractivity contribution < 1.29 is 9.53 Å². The van der Waals surface area contributed by atoms with Crippen molar-refractivity contribution in [3.05, 3.63) is 23.2 Å². The second-order valence-electron chi connectivity index (χ2n) is 4.81. The fourth-order valence-corrected chi connectivity index (χ4v) is 2.41. The highest BCUT2D eigenvalue weighted by Crippen LogP contribution is 2.24. The Bertz CT molecular complexity index is 445. The van der Waals surface area contributed by atoms with Crippen molar-refractivity contribution in [2.75, 3.05) is 17.7 Å². The van der Waals surface area contributed by atoms with E-state index >= 15 is 0 Å². The molecule has 0 bridgehead atoms. The average molecular weight is 283 g/mol. The van der Waals surface area contributed by atoms with Gasteiger partial charge in [0.25, 0.3) is 0 Å². The van der Waals surface area contributed by atoms with Crippen LogP contribution in [0.4, 0.5) is 11.4 Å². The summed E-state index contributed by atoms with van der Waals surface area (Å²) in [6.07, 6.45) is 4.81. The molecular formula is C14H19ClN2O2. The van der Waals surface area contributed by atoms with Crippen molar-refractivity contribution >= 4 is 28.9 Å². The van der Waals surface area contributed by atoms with Crippen LogP contribution in [0.25, 0.3) is 0 Å². The molecule has 104 valence electrons. The third-order valence-corrected chi connectivity index (χ3v) is 3.55. The lowest BCUT2D eigenvalue weighted by Gasteiger charge is -2.22. The molecule has 3 N–H and O–H groups in total. The maximum absolute atomic E-state index is 11.8. The van der Waals surface area contributed by atoms with Gasteiger partial charge in [-0.3, -0.25) is 4.79 Å². The van der Waals surface area contributed by atoms with Gasteiger partial charge in [0.2, 0.25) is 5.91 Å². The van der Waals surface area contributed by atoms with E-state index < -0.39 is 0 Å². The van der Waals surface area contributed by atoms with Crippen LogP contribution >= 0.6 is 11.6 Å². The minimum atomic E-state index is -0.0409. The molecule has 1 aromatic rings. The number of amides is 1. The number of anilines is 2. The summed E-state index contributed by atoms with van der Waals surface area (Å²) < 4.78 is 5.60. The zero-order valence-electron chi connectivity index (χ0n) is 10.8. The standard InChI is InChI=1S/C14H19ClN2O2/c15-12-9-10(16)4-6-13(12)17-14(18)7-5-11-3-1-2-8-19-11/h4,6,9,11H,1-3,5,7-8,16H2,(H,17,18). The Labute approximate surface area is 118 Å². The normalized spacial score (nSPS) is 19.1. The molecule has 0 spiro atoms. The van der Waals surface area contributed by atoms with E-state index in [9.17, 15) is 4.79 Å². The van der Waals surface area contributed by atoms with E-state index in [1.165, 1.54) is 6.42 Å². The van der Waals surface area contributed by atoms with Crippen molar-refractivity contribution in [2.45, 2.75) is 38.2 Å². The summed E-state index contributed by atoms with van der Waals surface area (Å²) in [4.78, 5) is 11.8. The topological polar surface area (TPSA) is 64.3 Å². The molecule has 1 fully saturated rings. The second kappa shape index (κ2) is 6.78. The van der Waals surface area contributed by atoms with Crippen molar-refractivity contribution in [1.82, 2.24) is 0 Å².